The van der Waals surface area contributed by atoms with Crippen molar-refractivity contribution in [3.8, 4) is 5.75 Å². The van der Waals surface area contributed by atoms with Crippen molar-refractivity contribution in [3.63, 3.8) is 0 Å². The van der Waals surface area contributed by atoms with Crippen molar-refractivity contribution in [2.24, 2.45) is 5.92 Å². The number of hydrogen-bond acceptors (Lipinski definition) is 6. The molecule has 0 spiro atoms. The van der Waals surface area contributed by atoms with Crippen molar-refractivity contribution >= 4 is 11.9 Å². The molecule has 1 unspecified atom stereocenters. The van der Waals surface area contributed by atoms with Gasteiger partial charge in [-0.05, 0) is 30.9 Å². The maximum atomic E-state index is 12.2. The molecule has 0 aromatic carbocycles. The van der Waals surface area contributed by atoms with Gasteiger partial charge in [0.05, 0.1) is 7.11 Å². The van der Waals surface area contributed by atoms with Crippen LogP contribution < -0.4 is 15.0 Å². The van der Waals surface area contributed by atoms with Crippen molar-refractivity contribution in [3.05, 3.63) is 42.5 Å². The van der Waals surface area contributed by atoms with Crippen LogP contribution in [0.3, 0.4) is 0 Å². The second-order valence-electron chi connectivity index (χ2n) is 5.79. The molecule has 3 heterocycles. The molecule has 3 rings (SSSR count). The van der Waals surface area contributed by atoms with E-state index in [9.17, 15) is 4.79 Å². The van der Waals surface area contributed by atoms with Gasteiger partial charge in [-0.15, -0.1) is 0 Å². The monoisotopic (exact) mass is 327 g/mol. The van der Waals surface area contributed by atoms with E-state index in [2.05, 4.69) is 25.2 Å². The summed E-state index contributed by atoms with van der Waals surface area (Å²) in [5.41, 5.74) is 0.369. The molecule has 7 heteroatoms. The van der Waals surface area contributed by atoms with Gasteiger partial charge in [-0.3, -0.25) is 9.78 Å². The van der Waals surface area contributed by atoms with Crippen LogP contribution in [0.15, 0.2) is 36.8 Å². The zero-order chi connectivity index (χ0) is 16.8. The molecule has 7 nitrogen and oxygen atoms in total. The molecule has 1 fully saturated rings. The van der Waals surface area contributed by atoms with Gasteiger partial charge in [0.1, 0.15) is 11.4 Å². The van der Waals surface area contributed by atoms with Gasteiger partial charge >= 0.3 is 0 Å². The number of aromatic nitrogens is 3. The van der Waals surface area contributed by atoms with Crippen LogP contribution in [0.1, 0.15) is 23.3 Å². The third kappa shape index (κ3) is 3.98. The van der Waals surface area contributed by atoms with Crippen LogP contribution in [0.5, 0.6) is 5.75 Å². The number of carbonyl (C=O) groups excluding carboxylic acids is 1. The number of amides is 1. The first kappa shape index (κ1) is 16.2. The third-order valence-corrected chi connectivity index (χ3v) is 4.11. The number of ether oxygens (including phenoxy) is 1. The quantitative estimate of drug-likeness (QED) is 0.897. The van der Waals surface area contributed by atoms with E-state index < -0.39 is 0 Å². The molecular weight excluding hydrogens is 306 g/mol. The van der Waals surface area contributed by atoms with Crippen LogP contribution in [0.2, 0.25) is 0 Å². The van der Waals surface area contributed by atoms with E-state index in [0.717, 1.165) is 31.9 Å². The summed E-state index contributed by atoms with van der Waals surface area (Å²) in [6, 6.07) is 5.17. The Morgan fingerprint density at radius 1 is 1.33 bits per heavy atom. The summed E-state index contributed by atoms with van der Waals surface area (Å²) in [5.74, 6) is 1.57. The van der Waals surface area contributed by atoms with Crippen LogP contribution in [0.25, 0.3) is 0 Å². The van der Waals surface area contributed by atoms with E-state index >= 15 is 0 Å². The van der Waals surface area contributed by atoms with E-state index in [-0.39, 0.29) is 5.91 Å². The molecule has 0 bridgehead atoms. The lowest BCUT2D eigenvalue weighted by Gasteiger charge is -2.32. The fraction of sp³-hybridized carbons (Fsp3) is 0.412. The first-order valence-electron chi connectivity index (χ1n) is 8.06. The first-order chi connectivity index (χ1) is 11.8. The summed E-state index contributed by atoms with van der Waals surface area (Å²) in [6.45, 7) is 2.41. The molecule has 2 aromatic rings. The van der Waals surface area contributed by atoms with Crippen LogP contribution in [-0.2, 0) is 0 Å². The highest BCUT2D eigenvalue weighted by Gasteiger charge is 2.22. The molecule has 1 amide bonds. The van der Waals surface area contributed by atoms with E-state index in [1.165, 1.54) is 0 Å². The Morgan fingerprint density at radius 2 is 2.17 bits per heavy atom. The summed E-state index contributed by atoms with van der Waals surface area (Å²) < 4.78 is 5.12. The lowest BCUT2D eigenvalue weighted by Crippen LogP contribution is -2.41. The molecular formula is C17H21N5O2. The van der Waals surface area contributed by atoms with E-state index in [1.807, 2.05) is 6.07 Å². The Balaban J connectivity index is 1.55. The molecule has 0 aliphatic carbocycles. The number of piperidine rings is 1. The molecule has 24 heavy (non-hydrogen) atoms. The van der Waals surface area contributed by atoms with Gasteiger partial charge in [0.15, 0.2) is 0 Å². The summed E-state index contributed by atoms with van der Waals surface area (Å²) >= 11 is 0. The topological polar surface area (TPSA) is 80.2 Å². The SMILES string of the molecule is COc1ccnc(C(=O)NCC2CCCN(c3ncccn3)C2)c1. The molecule has 0 radical (unpaired) electrons. The van der Waals surface area contributed by atoms with Gasteiger partial charge in [-0.1, -0.05) is 0 Å². The maximum Gasteiger partial charge on any atom is 0.270 e. The van der Waals surface area contributed by atoms with Gasteiger partial charge in [0.2, 0.25) is 5.95 Å². The fourth-order valence-corrected chi connectivity index (χ4v) is 2.86. The lowest BCUT2D eigenvalue weighted by molar-refractivity contribution is 0.0940. The van der Waals surface area contributed by atoms with Crippen molar-refractivity contribution in [2.75, 3.05) is 31.6 Å². The van der Waals surface area contributed by atoms with E-state index in [1.54, 1.807) is 37.8 Å². The smallest absolute Gasteiger partial charge is 0.270 e. The minimum atomic E-state index is -0.179. The number of methoxy groups -OCH3 is 1. The van der Waals surface area contributed by atoms with Gasteiger partial charge in [0.25, 0.3) is 5.91 Å². The predicted molar refractivity (Wildman–Crippen MR) is 90.1 cm³/mol. The number of hydrogen-bond donors (Lipinski definition) is 1. The van der Waals surface area contributed by atoms with Crippen molar-refractivity contribution in [2.45, 2.75) is 12.8 Å². The average molecular weight is 327 g/mol. The molecule has 2 aromatic heterocycles. The number of nitrogens with one attached hydrogen (secondary N) is 1. The molecule has 1 atom stereocenters. The number of nitrogens with zero attached hydrogens (tertiary/aromatic N) is 4. The van der Waals surface area contributed by atoms with Crippen LogP contribution in [-0.4, -0.2) is 47.6 Å². The Hall–Kier alpha value is -2.70. The average Bonchev–Trinajstić information content (AvgIpc) is 2.67. The Bertz CT molecular complexity index is 680. The highest BCUT2D eigenvalue weighted by molar-refractivity contribution is 5.92. The second kappa shape index (κ2) is 7.72. The van der Waals surface area contributed by atoms with Crippen molar-refractivity contribution in [1.29, 1.82) is 0 Å². The number of carbonyl (C=O) groups is 1. The number of rotatable bonds is 5. The molecule has 1 aliphatic rings. The minimum Gasteiger partial charge on any atom is -0.497 e. The molecule has 1 aliphatic heterocycles. The van der Waals surface area contributed by atoms with Crippen molar-refractivity contribution < 1.29 is 9.53 Å². The lowest BCUT2D eigenvalue weighted by atomic mass is 9.98. The normalized spacial score (nSPS) is 17.4. The third-order valence-electron chi connectivity index (χ3n) is 4.11. The molecule has 1 N–H and O–H groups in total. The van der Waals surface area contributed by atoms with Crippen molar-refractivity contribution in [1.82, 2.24) is 20.3 Å². The van der Waals surface area contributed by atoms with Gasteiger partial charge in [-0.2, -0.15) is 0 Å². The molecule has 1 saturated heterocycles. The van der Waals surface area contributed by atoms with Crippen LogP contribution in [0, 0.1) is 5.92 Å². The largest absolute Gasteiger partial charge is 0.497 e. The fourth-order valence-electron chi connectivity index (χ4n) is 2.86. The van der Waals surface area contributed by atoms with Gasteiger partial charge < -0.3 is 15.0 Å². The molecule has 126 valence electrons. The zero-order valence-electron chi connectivity index (χ0n) is 13.7. The summed E-state index contributed by atoms with van der Waals surface area (Å²) in [5, 5.41) is 2.97. The Morgan fingerprint density at radius 3 is 2.96 bits per heavy atom. The zero-order valence-corrected chi connectivity index (χ0v) is 13.7. The second-order valence-corrected chi connectivity index (χ2v) is 5.79. The van der Waals surface area contributed by atoms with Gasteiger partial charge in [0, 0.05) is 44.3 Å². The summed E-state index contributed by atoms with van der Waals surface area (Å²) in [6.07, 6.45) is 7.22. The first-order valence-corrected chi connectivity index (χ1v) is 8.06. The van der Waals surface area contributed by atoms with Gasteiger partial charge in [-0.25, -0.2) is 9.97 Å². The van der Waals surface area contributed by atoms with E-state index in [0.29, 0.717) is 23.9 Å². The molecule has 0 saturated carbocycles. The summed E-state index contributed by atoms with van der Waals surface area (Å²) in [4.78, 5) is 27.1. The number of pyridine rings is 1. The summed E-state index contributed by atoms with van der Waals surface area (Å²) in [7, 11) is 1.57. The maximum absolute atomic E-state index is 12.2. The minimum absolute atomic E-state index is 0.179. The van der Waals surface area contributed by atoms with E-state index in [4.69, 9.17) is 4.74 Å². The highest BCUT2D eigenvalue weighted by atomic mass is 16.5. The highest BCUT2D eigenvalue weighted by Crippen LogP contribution is 2.19. The predicted octanol–water partition coefficient (Wildman–Crippen LogP) is 1.53. The Labute approximate surface area is 141 Å². The standard InChI is InChI=1S/C17H21N5O2/c1-24-14-5-8-18-15(10-14)16(23)21-11-13-4-2-9-22(12-13)17-19-6-3-7-20-17/h3,5-8,10,13H,2,4,9,11-12H2,1H3,(H,21,23). The number of anilines is 1. The van der Waals surface area contributed by atoms with Crippen LogP contribution in [0.4, 0.5) is 5.95 Å². The Kier molecular flexibility index (Phi) is 5.20. The van der Waals surface area contributed by atoms with Crippen LogP contribution >= 0.6 is 0 Å².